The highest BCUT2D eigenvalue weighted by molar-refractivity contribution is 6.34. The van der Waals surface area contributed by atoms with Crippen LogP contribution in [0.1, 0.15) is 19.3 Å². The highest BCUT2D eigenvalue weighted by Gasteiger charge is 2.20. The molecule has 1 N–H and O–H groups in total. The molecule has 0 bridgehead atoms. The number of carbonyl (C=O) groups is 1. The molecule has 20 heavy (non-hydrogen) atoms. The summed E-state index contributed by atoms with van der Waals surface area (Å²) in [6, 6.07) is 3.31. The molecular formula is C15H18ClNO3. The second kappa shape index (κ2) is 6.66. The van der Waals surface area contributed by atoms with E-state index in [0.29, 0.717) is 22.2 Å². The zero-order valence-corrected chi connectivity index (χ0v) is 12.4. The van der Waals surface area contributed by atoms with Crippen LogP contribution in [0.4, 0.5) is 5.69 Å². The van der Waals surface area contributed by atoms with Gasteiger partial charge in [-0.05, 0) is 19.3 Å². The van der Waals surface area contributed by atoms with Gasteiger partial charge in [0.2, 0.25) is 5.91 Å². The number of methoxy groups -OCH3 is 2. The van der Waals surface area contributed by atoms with E-state index in [1.165, 1.54) is 0 Å². The number of amides is 1. The van der Waals surface area contributed by atoms with Crippen molar-refractivity contribution in [3.05, 3.63) is 29.3 Å². The van der Waals surface area contributed by atoms with E-state index in [9.17, 15) is 4.79 Å². The van der Waals surface area contributed by atoms with Crippen LogP contribution >= 0.6 is 11.6 Å². The lowest BCUT2D eigenvalue weighted by Crippen LogP contribution is -2.23. The number of anilines is 1. The minimum Gasteiger partial charge on any atom is -0.493 e. The van der Waals surface area contributed by atoms with Crippen molar-refractivity contribution in [3.8, 4) is 11.5 Å². The number of hydrogen-bond acceptors (Lipinski definition) is 3. The highest BCUT2D eigenvalue weighted by atomic mass is 35.5. The Hall–Kier alpha value is -1.68. The number of carbonyl (C=O) groups excluding carboxylic acids is 1. The summed E-state index contributed by atoms with van der Waals surface area (Å²) < 4.78 is 10.4. The normalized spacial score (nSPS) is 17.6. The van der Waals surface area contributed by atoms with Gasteiger partial charge >= 0.3 is 0 Å². The van der Waals surface area contributed by atoms with E-state index in [1.54, 1.807) is 26.4 Å². The largest absolute Gasteiger partial charge is 0.493 e. The van der Waals surface area contributed by atoms with Gasteiger partial charge in [-0.3, -0.25) is 4.79 Å². The van der Waals surface area contributed by atoms with Crippen molar-refractivity contribution < 1.29 is 14.3 Å². The van der Waals surface area contributed by atoms with Gasteiger partial charge in [0.1, 0.15) is 0 Å². The molecule has 1 amide bonds. The van der Waals surface area contributed by atoms with Gasteiger partial charge in [-0.2, -0.15) is 0 Å². The summed E-state index contributed by atoms with van der Waals surface area (Å²) in [4.78, 5) is 12.2. The Bertz CT molecular complexity index is 528. The third-order valence-corrected chi connectivity index (χ3v) is 3.68. The van der Waals surface area contributed by atoms with Gasteiger partial charge < -0.3 is 14.8 Å². The van der Waals surface area contributed by atoms with Gasteiger partial charge in [0.15, 0.2) is 11.5 Å². The predicted octanol–water partition coefficient (Wildman–Crippen LogP) is 3.65. The Balaban J connectivity index is 2.16. The molecule has 5 heteroatoms. The first-order chi connectivity index (χ1) is 9.65. The molecule has 1 aromatic carbocycles. The van der Waals surface area contributed by atoms with E-state index < -0.39 is 0 Å². The van der Waals surface area contributed by atoms with E-state index >= 15 is 0 Å². The van der Waals surface area contributed by atoms with Crippen LogP contribution in [-0.2, 0) is 4.79 Å². The van der Waals surface area contributed by atoms with Crippen molar-refractivity contribution in [3.63, 3.8) is 0 Å². The van der Waals surface area contributed by atoms with Crippen LogP contribution in [0.15, 0.2) is 24.3 Å². The molecule has 1 aliphatic rings. The third kappa shape index (κ3) is 3.25. The Morgan fingerprint density at radius 2 is 1.95 bits per heavy atom. The standard InChI is InChI=1S/C15H18ClNO3/c1-19-13-8-11(16)12(9-14(13)20-2)17-15(18)10-6-4-3-5-7-10/h3-4,8-10H,5-7H2,1-2H3,(H,17,18)/t10-/m1/s1. The van der Waals surface area contributed by atoms with Gasteiger partial charge in [-0.1, -0.05) is 23.8 Å². The maximum Gasteiger partial charge on any atom is 0.227 e. The molecule has 0 heterocycles. The second-order valence-corrected chi connectivity index (χ2v) is 5.06. The number of halogens is 1. The summed E-state index contributed by atoms with van der Waals surface area (Å²) in [6.45, 7) is 0. The summed E-state index contributed by atoms with van der Waals surface area (Å²) in [7, 11) is 3.09. The first-order valence-corrected chi connectivity index (χ1v) is 6.91. The average molecular weight is 296 g/mol. The van der Waals surface area contributed by atoms with E-state index in [4.69, 9.17) is 21.1 Å². The number of hydrogen-bond donors (Lipinski definition) is 1. The molecule has 1 aliphatic carbocycles. The third-order valence-electron chi connectivity index (χ3n) is 3.37. The Morgan fingerprint density at radius 1 is 1.25 bits per heavy atom. The van der Waals surface area contributed by atoms with Crippen molar-refractivity contribution in [2.24, 2.45) is 5.92 Å². The quantitative estimate of drug-likeness (QED) is 0.863. The molecule has 0 saturated heterocycles. The smallest absolute Gasteiger partial charge is 0.227 e. The Morgan fingerprint density at radius 3 is 2.55 bits per heavy atom. The van der Waals surface area contributed by atoms with Crippen molar-refractivity contribution in [2.75, 3.05) is 19.5 Å². The molecule has 0 spiro atoms. The van der Waals surface area contributed by atoms with E-state index in [2.05, 4.69) is 11.4 Å². The number of benzene rings is 1. The van der Waals surface area contributed by atoms with Crippen LogP contribution < -0.4 is 14.8 Å². The van der Waals surface area contributed by atoms with Crippen LogP contribution in [0.5, 0.6) is 11.5 Å². The van der Waals surface area contributed by atoms with E-state index in [-0.39, 0.29) is 11.8 Å². The molecule has 0 aromatic heterocycles. The predicted molar refractivity (Wildman–Crippen MR) is 79.7 cm³/mol. The summed E-state index contributed by atoms with van der Waals surface area (Å²) in [5.74, 6) is 1.07. The monoisotopic (exact) mass is 295 g/mol. The van der Waals surface area contributed by atoms with Gasteiger partial charge in [-0.25, -0.2) is 0 Å². The van der Waals surface area contributed by atoms with Gasteiger partial charge in [0.05, 0.1) is 24.9 Å². The first kappa shape index (κ1) is 14.7. The minimum absolute atomic E-state index is 0.00385. The van der Waals surface area contributed by atoms with Crippen molar-refractivity contribution >= 4 is 23.2 Å². The van der Waals surface area contributed by atoms with Crippen LogP contribution in [0.25, 0.3) is 0 Å². The van der Waals surface area contributed by atoms with Gasteiger partial charge in [0.25, 0.3) is 0 Å². The molecule has 0 aliphatic heterocycles. The van der Waals surface area contributed by atoms with Crippen molar-refractivity contribution in [1.82, 2.24) is 0 Å². The second-order valence-electron chi connectivity index (χ2n) is 4.66. The van der Waals surface area contributed by atoms with Gasteiger partial charge in [0, 0.05) is 18.1 Å². The molecule has 1 atom stereocenters. The fourth-order valence-electron chi connectivity index (χ4n) is 2.22. The SMILES string of the molecule is COc1cc(Cl)c(NC(=O)[C@@H]2CC=CCC2)cc1OC. The Labute approximate surface area is 123 Å². The van der Waals surface area contributed by atoms with Crippen LogP contribution in [-0.4, -0.2) is 20.1 Å². The van der Waals surface area contributed by atoms with E-state index in [0.717, 1.165) is 19.3 Å². The summed E-state index contributed by atoms with van der Waals surface area (Å²) in [5.41, 5.74) is 0.545. The summed E-state index contributed by atoms with van der Waals surface area (Å²) >= 11 is 6.16. The first-order valence-electron chi connectivity index (χ1n) is 6.53. The molecule has 4 nitrogen and oxygen atoms in total. The lowest BCUT2D eigenvalue weighted by Gasteiger charge is -2.18. The van der Waals surface area contributed by atoms with Crippen LogP contribution in [0.3, 0.4) is 0 Å². The maximum atomic E-state index is 12.2. The molecule has 1 aromatic rings. The lowest BCUT2D eigenvalue weighted by atomic mass is 9.93. The number of rotatable bonds is 4. The molecule has 2 rings (SSSR count). The summed E-state index contributed by atoms with van der Waals surface area (Å²) in [6.07, 6.45) is 6.73. The molecular weight excluding hydrogens is 278 g/mol. The average Bonchev–Trinajstić information content (AvgIpc) is 2.49. The fraction of sp³-hybridized carbons (Fsp3) is 0.400. The van der Waals surface area contributed by atoms with E-state index in [1.807, 2.05) is 6.08 Å². The van der Waals surface area contributed by atoms with Crippen LogP contribution in [0, 0.1) is 5.92 Å². The van der Waals surface area contributed by atoms with Crippen molar-refractivity contribution in [1.29, 1.82) is 0 Å². The highest BCUT2D eigenvalue weighted by Crippen LogP contribution is 2.36. The topological polar surface area (TPSA) is 47.6 Å². The summed E-state index contributed by atoms with van der Waals surface area (Å²) in [5, 5.41) is 3.30. The van der Waals surface area contributed by atoms with Crippen LogP contribution in [0.2, 0.25) is 5.02 Å². The molecule has 0 radical (unpaired) electrons. The van der Waals surface area contributed by atoms with Gasteiger partial charge in [-0.15, -0.1) is 0 Å². The van der Waals surface area contributed by atoms with Crippen molar-refractivity contribution in [2.45, 2.75) is 19.3 Å². The number of allylic oxidation sites excluding steroid dienone is 2. The molecule has 108 valence electrons. The number of ether oxygens (including phenoxy) is 2. The zero-order chi connectivity index (χ0) is 14.5. The fourth-order valence-corrected chi connectivity index (χ4v) is 2.42. The number of nitrogens with one attached hydrogen (secondary N) is 1. The zero-order valence-electron chi connectivity index (χ0n) is 11.6. The maximum absolute atomic E-state index is 12.2. The lowest BCUT2D eigenvalue weighted by molar-refractivity contribution is -0.120. The molecule has 0 fully saturated rings. The Kier molecular flexibility index (Phi) is 4.90. The minimum atomic E-state index is -0.0107. The molecule has 0 unspecified atom stereocenters. The molecule has 0 saturated carbocycles.